The predicted molar refractivity (Wildman–Crippen MR) is 119 cm³/mol. The van der Waals surface area contributed by atoms with Crippen molar-refractivity contribution in [3.05, 3.63) is 65.7 Å². The molecule has 0 unspecified atom stereocenters. The van der Waals surface area contributed by atoms with Gasteiger partial charge in [0.2, 0.25) is 10.0 Å². The molecule has 1 saturated carbocycles. The zero-order chi connectivity index (χ0) is 21.0. The Balaban J connectivity index is 1.66. The molecule has 30 heavy (non-hydrogen) atoms. The number of nitrogens with one attached hydrogen (secondary N) is 1. The number of sulfonamides is 1. The Morgan fingerprint density at radius 1 is 0.967 bits per heavy atom. The average Bonchev–Trinajstić information content (AvgIpc) is 2.79. The van der Waals surface area contributed by atoms with Gasteiger partial charge in [0.15, 0.2) is 0 Å². The number of hydrogen-bond donors (Lipinski definition) is 1. The number of benzene rings is 2. The Morgan fingerprint density at radius 2 is 1.63 bits per heavy atom. The van der Waals surface area contributed by atoms with Gasteiger partial charge in [0.25, 0.3) is 0 Å². The zero-order valence-corrected chi connectivity index (χ0v) is 18.5. The third-order valence-electron chi connectivity index (χ3n) is 6.50. The van der Waals surface area contributed by atoms with Gasteiger partial charge in [-0.2, -0.15) is 0 Å². The van der Waals surface area contributed by atoms with Crippen LogP contribution in [0.2, 0.25) is 0 Å². The molecular weight excluding hydrogens is 396 g/mol. The Kier molecular flexibility index (Phi) is 6.88. The van der Waals surface area contributed by atoms with Crippen molar-refractivity contribution >= 4 is 10.0 Å². The van der Waals surface area contributed by atoms with Gasteiger partial charge in [-0.25, -0.2) is 13.1 Å². The van der Waals surface area contributed by atoms with Crippen molar-refractivity contribution in [2.75, 3.05) is 26.3 Å². The van der Waals surface area contributed by atoms with E-state index in [1.165, 1.54) is 6.42 Å². The summed E-state index contributed by atoms with van der Waals surface area (Å²) in [7, 11) is -3.62. The molecule has 1 N–H and O–H groups in total. The van der Waals surface area contributed by atoms with E-state index >= 15 is 0 Å². The Bertz CT molecular complexity index is 909. The van der Waals surface area contributed by atoms with E-state index in [1.807, 2.05) is 49.4 Å². The third kappa shape index (κ3) is 4.94. The topological polar surface area (TPSA) is 58.6 Å². The second kappa shape index (κ2) is 9.60. The van der Waals surface area contributed by atoms with Gasteiger partial charge in [-0.05, 0) is 43.4 Å². The molecule has 0 amide bonds. The number of ether oxygens (including phenoxy) is 1. The number of morpholine rings is 1. The van der Waals surface area contributed by atoms with E-state index in [0.29, 0.717) is 10.9 Å². The van der Waals surface area contributed by atoms with Gasteiger partial charge < -0.3 is 4.74 Å². The number of aryl methyl sites for hydroxylation is 1. The number of rotatable bonds is 6. The molecule has 6 heteroatoms. The number of nitrogens with zero attached hydrogens (tertiary/aromatic N) is 1. The fourth-order valence-electron chi connectivity index (χ4n) is 4.91. The van der Waals surface area contributed by atoms with Crippen LogP contribution in [0.4, 0.5) is 0 Å². The third-order valence-corrected chi connectivity index (χ3v) is 7.95. The molecule has 2 aromatic rings. The first-order valence-electron chi connectivity index (χ1n) is 11.0. The van der Waals surface area contributed by atoms with Crippen LogP contribution in [0.5, 0.6) is 0 Å². The summed E-state index contributed by atoms with van der Waals surface area (Å²) in [5, 5.41) is 0. The predicted octanol–water partition coefficient (Wildman–Crippen LogP) is 3.91. The molecule has 1 aliphatic heterocycles. The average molecular weight is 429 g/mol. The van der Waals surface area contributed by atoms with E-state index in [4.69, 9.17) is 4.74 Å². The minimum atomic E-state index is -3.62. The maximum absolute atomic E-state index is 13.3. The first-order chi connectivity index (χ1) is 14.5. The molecule has 1 heterocycles. The van der Waals surface area contributed by atoms with Crippen LogP contribution in [-0.2, 0) is 14.8 Å². The highest BCUT2D eigenvalue weighted by molar-refractivity contribution is 7.89. The summed E-state index contributed by atoms with van der Waals surface area (Å²) < 4.78 is 35.3. The van der Waals surface area contributed by atoms with E-state index in [9.17, 15) is 8.42 Å². The summed E-state index contributed by atoms with van der Waals surface area (Å²) in [6, 6.07) is 17.3. The second-order valence-electron chi connectivity index (χ2n) is 8.49. The SMILES string of the molecule is Cc1ccc(S(=O)(=O)N[C@@H](c2ccccc2)[C@@H]2CCCC[C@@H]2N2CCOCC2)cc1. The largest absolute Gasteiger partial charge is 0.379 e. The lowest BCUT2D eigenvalue weighted by atomic mass is 9.77. The highest BCUT2D eigenvalue weighted by atomic mass is 32.2. The first kappa shape index (κ1) is 21.5. The maximum Gasteiger partial charge on any atom is 0.241 e. The van der Waals surface area contributed by atoms with Crippen molar-refractivity contribution in [2.24, 2.45) is 5.92 Å². The summed E-state index contributed by atoms with van der Waals surface area (Å²) in [5.41, 5.74) is 2.09. The molecule has 162 valence electrons. The van der Waals surface area contributed by atoms with E-state index in [2.05, 4.69) is 9.62 Å². The molecule has 5 nitrogen and oxygen atoms in total. The van der Waals surface area contributed by atoms with Crippen LogP contribution < -0.4 is 4.72 Å². The lowest BCUT2D eigenvalue weighted by molar-refractivity contribution is -0.0124. The minimum Gasteiger partial charge on any atom is -0.379 e. The molecule has 2 fully saturated rings. The van der Waals surface area contributed by atoms with E-state index < -0.39 is 10.0 Å². The van der Waals surface area contributed by atoms with Crippen LogP contribution in [0.1, 0.15) is 42.9 Å². The molecule has 0 spiro atoms. The van der Waals surface area contributed by atoms with Crippen LogP contribution in [0.15, 0.2) is 59.5 Å². The summed E-state index contributed by atoms with van der Waals surface area (Å²) in [5.74, 6) is 0.236. The molecule has 2 aromatic carbocycles. The summed E-state index contributed by atoms with van der Waals surface area (Å²) >= 11 is 0. The molecule has 0 radical (unpaired) electrons. The van der Waals surface area contributed by atoms with E-state index in [-0.39, 0.29) is 12.0 Å². The molecule has 0 bridgehead atoms. The monoisotopic (exact) mass is 428 g/mol. The standard InChI is InChI=1S/C24H32N2O3S/c1-19-11-13-21(14-12-19)30(27,28)25-24(20-7-3-2-4-8-20)22-9-5-6-10-23(22)26-15-17-29-18-16-26/h2-4,7-8,11-14,22-25H,5-6,9-10,15-18H2,1H3/t22-,23+,24+/m1/s1. The normalized spacial score (nSPS) is 24.4. The van der Waals surface area contributed by atoms with Crippen molar-refractivity contribution in [1.82, 2.24) is 9.62 Å². The summed E-state index contributed by atoms with van der Waals surface area (Å²) in [4.78, 5) is 2.84. The fourth-order valence-corrected chi connectivity index (χ4v) is 6.18. The van der Waals surface area contributed by atoms with Gasteiger partial charge in [0, 0.05) is 19.1 Å². The van der Waals surface area contributed by atoms with E-state index in [1.54, 1.807) is 12.1 Å². The maximum atomic E-state index is 13.3. The fraction of sp³-hybridized carbons (Fsp3) is 0.500. The van der Waals surface area contributed by atoms with Crippen LogP contribution in [0.25, 0.3) is 0 Å². The molecule has 1 saturated heterocycles. The van der Waals surface area contributed by atoms with Gasteiger partial charge in [-0.3, -0.25) is 4.90 Å². The Labute approximate surface area is 180 Å². The van der Waals surface area contributed by atoms with Crippen molar-refractivity contribution in [1.29, 1.82) is 0 Å². The van der Waals surface area contributed by atoms with Crippen LogP contribution >= 0.6 is 0 Å². The van der Waals surface area contributed by atoms with Crippen molar-refractivity contribution < 1.29 is 13.2 Å². The van der Waals surface area contributed by atoms with Gasteiger partial charge in [0.1, 0.15) is 0 Å². The summed E-state index contributed by atoms with van der Waals surface area (Å²) in [6.45, 7) is 5.33. The van der Waals surface area contributed by atoms with Gasteiger partial charge in [-0.1, -0.05) is 60.9 Å². The van der Waals surface area contributed by atoms with Crippen molar-refractivity contribution in [3.8, 4) is 0 Å². The lowest BCUT2D eigenvalue weighted by Crippen LogP contribution is -2.51. The van der Waals surface area contributed by atoms with Crippen molar-refractivity contribution in [3.63, 3.8) is 0 Å². The first-order valence-corrected chi connectivity index (χ1v) is 12.5. The lowest BCUT2D eigenvalue weighted by Gasteiger charge is -2.44. The Hall–Kier alpha value is -1.73. The summed E-state index contributed by atoms with van der Waals surface area (Å²) in [6.07, 6.45) is 4.48. The molecule has 3 atom stereocenters. The zero-order valence-electron chi connectivity index (χ0n) is 17.7. The second-order valence-corrected chi connectivity index (χ2v) is 10.2. The van der Waals surface area contributed by atoms with Gasteiger partial charge >= 0.3 is 0 Å². The van der Waals surface area contributed by atoms with Crippen molar-refractivity contribution in [2.45, 2.75) is 49.6 Å². The smallest absolute Gasteiger partial charge is 0.241 e. The number of hydrogen-bond acceptors (Lipinski definition) is 4. The van der Waals surface area contributed by atoms with E-state index in [0.717, 1.165) is 56.7 Å². The highest BCUT2D eigenvalue weighted by Crippen LogP contribution is 2.38. The quantitative estimate of drug-likeness (QED) is 0.758. The molecule has 0 aromatic heterocycles. The highest BCUT2D eigenvalue weighted by Gasteiger charge is 2.38. The van der Waals surface area contributed by atoms with Crippen LogP contribution in [0.3, 0.4) is 0 Å². The minimum absolute atomic E-state index is 0.236. The van der Waals surface area contributed by atoms with Gasteiger partial charge in [0.05, 0.1) is 24.2 Å². The van der Waals surface area contributed by atoms with Crippen LogP contribution in [-0.4, -0.2) is 45.7 Å². The molecule has 1 aliphatic carbocycles. The molecule has 2 aliphatic rings. The van der Waals surface area contributed by atoms with Crippen LogP contribution in [0, 0.1) is 12.8 Å². The molecular formula is C24H32N2O3S. The molecule has 4 rings (SSSR count). The van der Waals surface area contributed by atoms with Gasteiger partial charge in [-0.15, -0.1) is 0 Å². The Morgan fingerprint density at radius 3 is 2.33 bits per heavy atom.